The average Bonchev–Trinajstić information content (AvgIpc) is 3.52. The molecule has 8 heteroatoms. The number of H-pyrrole nitrogens is 1. The highest BCUT2D eigenvalue weighted by Crippen LogP contribution is 2.33. The molecule has 0 unspecified atom stereocenters. The van der Waals surface area contributed by atoms with Crippen LogP contribution in [0.4, 0.5) is 0 Å². The molecular formula is C26H29N3O4S. The quantitative estimate of drug-likeness (QED) is 0.519. The molecule has 1 aromatic heterocycles. The molecule has 1 atom stereocenters. The number of nitrogens with one attached hydrogen (secondary N) is 2. The van der Waals surface area contributed by atoms with Gasteiger partial charge in [0.25, 0.3) is 5.56 Å². The number of aromatic nitrogens is 1. The molecule has 2 aliphatic heterocycles. The van der Waals surface area contributed by atoms with E-state index in [1.807, 2.05) is 49.1 Å². The van der Waals surface area contributed by atoms with Crippen molar-refractivity contribution in [2.75, 3.05) is 19.9 Å². The van der Waals surface area contributed by atoms with E-state index in [9.17, 15) is 4.79 Å². The molecule has 5 rings (SSSR count). The summed E-state index contributed by atoms with van der Waals surface area (Å²) in [6.07, 6.45) is 2.27. The third kappa shape index (κ3) is 4.74. The molecule has 2 N–H and O–H groups in total. The largest absolute Gasteiger partial charge is 0.454 e. The maximum Gasteiger partial charge on any atom is 0.253 e. The Morgan fingerprint density at radius 1 is 1.15 bits per heavy atom. The summed E-state index contributed by atoms with van der Waals surface area (Å²) in [5.41, 5.74) is 4.72. The van der Waals surface area contributed by atoms with Gasteiger partial charge in [-0.2, -0.15) is 0 Å². The zero-order valence-corrected chi connectivity index (χ0v) is 20.3. The lowest BCUT2D eigenvalue weighted by Crippen LogP contribution is -2.42. The van der Waals surface area contributed by atoms with E-state index in [0.717, 1.165) is 58.5 Å². The molecule has 2 aromatic carbocycles. The number of thiocarbonyl (C=S) groups is 1. The van der Waals surface area contributed by atoms with Crippen molar-refractivity contribution in [3.63, 3.8) is 0 Å². The minimum absolute atomic E-state index is 0.0983. The van der Waals surface area contributed by atoms with E-state index in [-0.39, 0.29) is 18.5 Å². The van der Waals surface area contributed by atoms with E-state index in [4.69, 9.17) is 26.4 Å². The standard InChI is InChI=1S/C26H29N3O4S/c1-16-5-7-19-11-20(25(30)28-24(19)17(16)2)14-29(26(34)27-12-21-4-3-9-31-21)13-18-6-8-22-23(10-18)33-15-32-22/h5-8,10-11,21H,3-4,9,12-15H2,1-2H3,(H,27,34)(H,28,30)/t21-/m0/s1. The lowest BCUT2D eigenvalue weighted by atomic mass is 10.0. The SMILES string of the molecule is Cc1ccc2cc(CN(Cc3ccc4c(c3)OCO4)C(=S)NC[C@@H]3CCCO3)c(=O)[nH]c2c1C. The van der Waals surface area contributed by atoms with Gasteiger partial charge in [-0.1, -0.05) is 18.2 Å². The molecular weight excluding hydrogens is 450 g/mol. The number of benzene rings is 2. The van der Waals surface area contributed by atoms with Crippen LogP contribution in [-0.2, 0) is 17.8 Å². The van der Waals surface area contributed by atoms with Crippen LogP contribution in [0.3, 0.4) is 0 Å². The Hall–Kier alpha value is -3.10. The van der Waals surface area contributed by atoms with Crippen molar-refractivity contribution in [1.29, 1.82) is 0 Å². The van der Waals surface area contributed by atoms with Gasteiger partial charge in [0.05, 0.1) is 18.2 Å². The van der Waals surface area contributed by atoms with Crippen molar-refractivity contribution in [2.45, 2.75) is 45.9 Å². The maximum absolute atomic E-state index is 13.0. The summed E-state index contributed by atoms with van der Waals surface area (Å²) in [5, 5.41) is 4.96. The summed E-state index contributed by atoms with van der Waals surface area (Å²) in [4.78, 5) is 18.1. The van der Waals surface area contributed by atoms with Gasteiger partial charge >= 0.3 is 0 Å². The first-order valence-corrected chi connectivity index (χ1v) is 12.0. The fraction of sp³-hybridized carbons (Fsp3) is 0.385. The second-order valence-corrected chi connectivity index (χ2v) is 9.35. The van der Waals surface area contributed by atoms with E-state index in [1.165, 1.54) is 0 Å². The monoisotopic (exact) mass is 479 g/mol. The summed E-state index contributed by atoms with van der Waals surface area (Å²) in [5.74, 6) is 1.47. The molecule has 1 saturated heterocycles. The third-order valence-corrected chi connectivity index (χ3v) is 6.99. The molecule has 0 bridgehead atoms. The summed E-state index contributed by atoms with van der Waals surface area (Å²) < 4.78 is 16.7. The van der Waals surface area contributed by atoms with Crippen LogP contribution >= 0.6 is 12.2 Å². The van der Waals surface area contributed by atoms with Crippen molar-refractivity contribution in [3.05, 3.63) is 69.0 Å². The fourth-order valence-electron chi connectivity index (χ4n) is 4.47. The molecule has 0 saturated carbocycles. The van der Waals surface area contributed by atoms with Crippen molar-refractivity contribution < 1.29 is 14.2 Å². The molecule has 3 aromatic rings. The second kappa shape index (κ2) is 9.64. The number of aromatic amines is 1. The molecule has 3 heterocycles. The lowest BCUT2D eigenvalue weighted by Gasteiger charge is -2.27. The number of nitrogens with zero attached hydrogens (tertiary/aromatic N) is 1. The highest BCUT2D eigenvalue weighted by molar-refractivity contribution is 7.80. The van der Waals surface area contributed by atoms with Gasteiger partial charge in [0.2, 0.25) is 6.79 Å². The highest BCUT2D eigenvalue weighted by Gasteiger charge is 2.20. The number of hydrogen-bond donors (Lipinski definition) is 2. The molecule has 0 spiro atoms. The van der Waals surface area contributed by atoms with E-state index in [0.29, 0.717) is 30.3 Å². The van der Waals surface area contributed by atoms with Crippen LogP contribution in [0, 0.1) is 13.8 Å². The minimum atomic E-state index is -0.0983. The Morgan fingerprint density at radius 2 is 2.00 bits per heavy atom. The van der Waals surface area contributed by atoms with Gasteiger partial charge in [-0.3, -0.25) is 4.79 Å². The summed E-state index contributed by atoms with van der Waals surface area (Å²) in [6.45, 7) is 6.67. The molecule has 34 heavy (non-hydrogen) atoms. The normalized spacial score (nSPS) is 16.7. The number of hydrogen-bond acceptors (Lipinski definition) is 5. The van der Waals surface area contributed by atoms with Gasteiger partial charge in [0, 0.05) is 25.3 Å². The van der Waals surface area contributed by atoms with E-state index < -0.39 is 0 Å². The Balaban J connectivity index is 1.41. The van der Waals surface area contributed by atoms with Gasteiger partial charge in [-0.15, -0.1) is 0 Å². The van der Waals surface area contributed by atoms with Crippen molar-refractivity contribution in [3.8, 4) is 11.5 Å². The zero-order valence-electron chi connectivity index (χ0n) is 19.5. The number of aryl methyl sites for hydroxylation is 2. The molecule has 0 radical (unpaired) electrons. The van der Waals surface area contributed by atoms with Crippen LogP contribution in [0.25, 0.3) is 10.9 Å². The fourth-order valence-corrected chi connectivity index (χ4v) is 4.68. The lowest BCUT2D eigenvalue weighted by molar-refractivity contribution is 0.113. The van der Waals surface area contributed by atoms with Crippen LogP contribution in [0.15, 0.2) is 41.2 Å². The van der Waals surface area contributed by atoms with E-state index in [1.54, 1.807) is 0 Å². The third-order valence-electron chi connectivity index (χ3n) is 6.59. The summed E-state index contributed by atoms with van der Waals surface area (Å²) in [7, 11) is 0. The molecule has 2 aliphatic rings. The minimum Gasteiger partial charge on any atom is -0.454 e. The summed E-state index contributed by atoms with van der Waals surface area (Å²) in [6, 6.07) is 12.0. The van der Waals surface area contributed by atoms with Gasteiger partial charge in [0.15, 0.2) is 16.6 Å². The number of rotatable bonds is 6. The number of pyridine rings is 1. The topological polar surface area (TPSA) is 75.8 Å². The predicted molar refractivity (Wildman–Crippen MR) is 135 cm³/mol. The highest BCUT2D eigenvalue weighted by atomic mass is 32.1. The Morgan fingerprint density at radius 3 is 2.82 bits per heavy atom. The molecule has 0 amide bonds. The van der Waals surface area contributed by atoms with Crippen LogP contribution in [0.1, 0.15) is 35.1 Å². The second-order valence-electron chi connectivity index (χ2n) is 8.96. The maximum atomic E-state index is 13.0. The van der Waals surface area contributed by atoms with Crippen LogP contribution < -0.4 is 20.3 Å². The first-order chi connectivity index (χ1) is 16.5. The van der Waals surface area contributed by atoms with Gasteiger partial charge < -0.3 is 29.4 Å². The molecule has 0 aliphatic carbocycles. The Bertz CT molecular complexity index is 1280. The van der Waals surface area contributed by atoms with Gasteiger partial charge in [-0.05, 0) is 79.2 Å². The van der Waals surface area contributed by atoms with E-state index in [2.05, 4.69) is 16.4 Å². The van der Waals surface area contributed by atoms with E-state index >= 15 is 0 Å². The van der Waals surface area contributed by atoms with Crippen molar-refractivity contribution in [1.82, 2.24) is 15.2 Å². The molecule has 1 fully saturated rings. The van der Waals surface area contributed by atoms with Gasteiger partial charge in [0.1, 0.15) is 0 Å². The van der Waals surface area contributed by atoms with Gasteiger partial charge in [-0.25, -0.2) is 0 Å². The van der Waals surface area contributed by atoms with Crippen LogP contribution in [0.5, 0.6) is 11.5 Å². The van der Waals surface area contributed by atoms with Crippen molar-refractivity contribution >= 4 is 28.2 Å². The summed E-state index contributed by atoms with van der Waals surface area (Å²) >= 11 is 5.78. The first-order valence-electron chi connectivity index (χ1n) is 11.6. The first kappa shape index (κ1) is 22.7. The number of ether oxygens (including phenoxy) is 3. The molecule has 7 nitrogen and oxygen atoms in total. The smallest absolute Gasteiger partial charge is 0.253 e. The zero-order chi connectivity index (χ0) is 23.7. The average molecular weight is 480 g/mol. The predicted octanol–water partition coefficient (Wildman–Crippen LogP) is 3.93. The van der Waals surface area contributed by atoms with Crippen LogP contribution in [0.2, 0.25) is 0 Å². The van der Waals surface area contributed by atoms with Crippen LogP contribution in [-0.4, -0.2) is 41.0 Å². The van der Waals surface area contributed by atoms with Crippen molar-refractivity contribution in [2.24, 2.45) is 0 Å². The number of fused-ring (bicyclic) bond motifs is 2. The Labute approximate surface area is 204 Å². The molecule has 178 valence electrons. The Kier molecular flexibility index (Phi) is 6.43.